The molecule has 2 aromatic rings. The third kappa shape index (κ3) is 4.38. The Balaban J connectivity index is 1.75. The molecule has 0 N–H and O–H groups in total. The lowest BCUT2D eigenvalue weighted by Crippen LogP contribution is -2.50. The Morgan fingerprint density at radius 2 is 1.28 bits per heavy atom. The molecule has 1 aliphatic heterocycles. The van der Waals surface area contributed by atoms with Crippen molar-refractivity contribution in [1.29, 1.82) is 0 Å². The molecule has 0 amide bonds. The molecule has 0 radical (unpaired) electrons. The normalized spacial score (nSPS) is 24.6. The number of hydrogen-bond donors (Lipinski definition) is 0. The van der Waals surface area contributed by atoms with E-state index in [2.05, 4.69) is 0 Å². The van der Waals surface area contributed by atoms with Gasteiger partial charge in [0.15, 0.2) is 23.8 Å². The van der Waals surface area contributed by atoms with E-state index in [1.54, 1.807) is 36.4 Å². The highest BCUT2D eigenvalue weighted by Gasteiger charge is 2.59. The molecule has 2 fully saturated rings. The first-order chi connectivity index (χ1) is 16.8. The summed E-state index contributed by atoms with van der Waals surface area (Å²) < 4.78 is 67.0. The minimum atomic E-state index is -4.25. The maximum Gasteiger partial charge on any atom is 0.458 e. The molecule has 36 heavy (non-hydrogen) atoms. The van der Waals surface area contributed by atoms with Crippen LogP contribution in [0.15, 0.2) is 82.1 Å². The van der Waals surface area contributed by atoms with Crippen molar-refractivity contribution in [2.24, 2.45) is 5.92 Å². The molecule has 0 bridgehead atoms. The minimum absolute atomic E-state index is 0.0109. The maximum atomic E-state index is 14.2. The molecular formula is C27H35BO6S2. The van der Waals surface area contributed by atoms with E-state index in [0.29, 0.717) is 12.7 Å². The molecule has 194 valence electrons. The van der Waals surface area contributed by atoms with E-state index in [0.717, 1.165) is 5.57 Å². The van der Waals surface area contributed by atoms with E-state index in [1.807, 2.05) is 40.7 Å². The number of rotatable bonds is 6. The zero-order valence-electron chi connectivity index (χ0n) is 21.6. The summed E-state index contributed by atoms with van der Waals surface area (Å²) in [5.74, 6) is -0.0465. The number of sulfone groups is 2. The van der Waals surface area contributed by atoms with Gasteiger partial charge in [0.05, 0.1) is 21.0 Å². The Bertz CT molecular complexity index is 1250. The number of allylic oxidation sites excluding steroid dienone is 2. The van der Waals surface area contributed by atoms with E-state index in [4.69, 9.17) is 9.31 Å². The van der Waals surface area contributed by atoms with Gasteiger partial charge in [0.1, 0.15) is 0 Å². The van der Waals surface area contributed by atoms with Gasteiger partial charge in [-0.2, -0.15) is 0 Å². The Labute approximate surface area is 216 Å². The highest BCUT2D eigenvalue weighted by molar-refractivity contribution is 8.10. The van der Waals surface area contributed by atoms with Crippen LogP contribution in [0.5, 0.6) is 0 Å². The van der Waals surface area contributed by atoms with Crippen LogP contribution in [0.1, 0.15) is 53.9 Å². The molecule has 9 heteroatoms. The summed E-state index contributed by atoms with van der Waals surface area (Å²) in [6.07, 6.45) is 2.69. The fraction of sp³-hybridized carbons (Fsp3) is 0.481. The topological polar surface area (TPSA) is 86.7 Å². The minimum Gasteiger partial charge on any atom is -0.403 e. The summed E-state index contributed by atoms with van der Waals surface area (Å²) in [7, 11) is -8.95. The maximum absolute atomic E-state index is 14.2. The van der Waals surface area contributed by atoms with E-state index in [1.165, 1.54) is 24.3 Å². The summed E-state index contributed by atoms with van der Waals surface area (Å²) in [6, 6.07) is 15.8. The molecule has 1 heterocycles. The average molecular weight is 531 g/mol. The third-order valence-electron chi connectivity index (χ3n) is 8.11. The first-order valence-electron chi connectivity index (χ1n) is 12.4. The molecular weight excluding hydrogens is 495 g/mol. The van der Waals surface area contributed by atoms with Gasteiger partial charge in [0.2, 0.25) is 0 Å². The van der Waals surface area contributed by atoms with Gasteiger partial charge in [-0.3, -0.25) is 0 Å². The van der Waals surface area contributed by atoms with E-state index < -0.39 is 42.1 Å². The van der Waals surface area contributed by atoms with Crippen molar-refractivity contribution in [1.82, 2.24) is 0 Å². The van der Waals surface area contributed by atoms with Crippen LogP contribution in [0.4, 0.5) is 0 Å². The van der Waals surface area contributed by atoms with E-state index >= 15 is 0 Å². The van der Waals surface area contributed by atoms with Crippen LogP contribution in [0.3, 0.4) is 0 Å². The third-order valence-corrected chi connectivity index (χ3v) is 13.9. The standard InChI is InChI=1S/C27H35BO6S2/c1-6-21-19-27(35(29,30)23-13-9-7-10-14-23,36(31,32)24-15-11-8-12-16-24)18-17-22(21)20-28-33-25(2,3)26(4,5)34-28/h6-16,22H,17-20H2,1-5H3/b21-6-. The van der Waals surface area contributed by atoms with Gasteiger partial charge >= 0.3 is 7.12 Å². The predicted octanol–water partition coefficient (Wildman–Crippen LogP) is 5.47. The Hall–Kier alpha value is -1.94. The first kappa shape index (κ1) is 27.1. The summed E-state index contributed by atoms with van der Waals surface area (Å²) in [6.45, 7) is 9.82. The van der Waals surface area contributed by atoms with Crippen molar-refractivity contribution < 1.29 is 26.1 Å². The molecule has 0 aromatic heterocycles. The summed E-state index contributed by atoms with van der Waals surface area (Å²) in [5, 5.41) is 0. The number of hydrogen-bond acceptors (Lipinski definition) is 6. The monoisotopic (exact) mass is 530 g/mol. The van der Waals surface area contributed by atoms with Crippen LogP contribution in [-0.2, 0) is 29.0 Å². The molecule has 1 unspecified atom stereocenters. The van der Waals surface area contributed by atoms with Crippen molar-refractivity contribution >= 4 is 26.8 Å². The lowest BCUT2D eigenvalue weighted by atomic mass is 9.69. The van der Waals surface area contributed by atoms with Crippen LogP contribution in [-0.4, -0.2) is 39.2 Å². The second-order valence-electron chi connectivity index (χ2n) is 10.7. The smallest absolute Gasteiger partial charge is 0.403 e. The highest BCUT2D eigenvalue weighted by Crippen LogP contribution is 2.51. The molecule has 1 saturated carbocycles. The molecule has 1 saturated heterocycles. The zero-order chi connectivity index (χ0) is 26.4. The predicted molar refractivity (Wildman–Crippen MR) is 142 cm³/mol. The quantitative estimate of drug-likeness (QED) is 0.364. The van der Waals surface area contributed by atoms with Crippen LogP contribution < -0.4 is 0 Å². The van der Waals surface area contributed by atoms with Crippen LogP contribution in [0, 0.1) is 5.92 Å². The van der Waals surface area contributed by atoms with Crippen LogP contribution in [0.25, 0.3) is 0 Å². The molecule has 2 aromatic carbocycles. The fourth-order valence-corrected chi connectivity index (χ4v) is 10.4. The summed E-state index contributed by atoms with van der Waals surface area (Å²) >= 11 is 0. The van der Waals surface area contributed by atoms with Gasteiger partial charge in [-0.25, -0.2) is 16.8 Å². The van der Waals surface area contributed by atoms with Crippen molar-refractivity contribution in [2.75, 3.05) is 0 Å². The van der Waals surface area contributed by atoms with Crippen molar-refractivity contribution in [3.8, 4) is 0 Å². The lowest BCUT2D eigenvalue weighted by Gasteiger charge is -2.40. The van der Waals surface area contributed by atoms with Gasteiger partial charge < -0.3 is 9.31 Å². The second kappa shape index (κ2) is 9.42. The SMILES string of the molecule is C/C=C1/CC(S(=O)(=O)c2ccccc2)(S(=O)(=O)c2ccccc2)CCC1CB1OC(C)(C)C(C)(C)O1. The Morgan fingerprint density at radius 1 is 0.833 bits per heavy atom. The van der Waals surface area contributed by atoms with Crippen molar-refractivity contribution in [2.45, 2.75) is 85.3 Å². The highest BCUT2D eigenvalue weighted by atomic mass is 32.3. The van der Waals surface area contributed by atoms with Crippen molar-refractivity contribution in [3.05, 3.63) is 72.3 Å². The number of benzene rings is 2. The summed E-state index contributed by atoms with van der Waals surface area (Å²) in [5.41, 5.74) is -0.145. The molecule has 1 aliphatic carbocycles. The van der Waals surface area contributed by atoms with Crippen LogP contribution in [0.2, 0.25) is 6.32 Å². The molecule has 4 rings (SSSR count). The van der Waals surface area contributed by atoms with Gasteiger partial charge in [-0.15, -0.1) is 0 Å². The van der Waals surface area contributed by atoms with Gasteiger partial charge in [-0.05, 0) is 84.0 Å². The summed E-state index contributed by atoms with van der Waals surface area (Å²) in [4.78, 5) is 0.0359. The van der Waals surface area contributed by atoms with Gasteiger partial charge in [0.25, 0.3) is 0 Å². The van der Waals surface area contributed by atoms with Gasteiger partial charge in [-0.1, -0.05) is 48.0 Å². The van der Waals surface area contributed by atoms with Crippen LogP contribution >= 0.6 is 0 Å². The lowest BCUT2D eigenvalue weighted by molar-refractivity contribution is 0.00578. The van der Waals surface area contributed by atoms with Crippen molar-refractivity contribution in [3.63, 3.8) is 0 Å². The second-order valence-corrected chi connectivity index (χ2v) is 15.5. The molecule has 0 spiro atoms. The largest absolute Gasteiger partial charge is 0.458 e. The zero-order valence-corrected chi connectivity index (χ0v) is 23.2. The molecule has 6 nitrogen and oxygen atoms in total. The first-order valence-corrected chi connectivity index (χ1v) is 15.3. The van der Waals surface area contributed by atoms with E-state index in [-0.39, 0.29) is 28.6 Å². The Morgan fingerprint density at radius 3 is 1.69 bits per heavy atom. The van der Waals surface area contributed by atoms with Gasteiger partial charge in [0, 0.05) is 6.42 Å². The molecule has 2 aliphatic rings. The average Bonchev–Trinajstić information content (AvgIpc) is 3.05. The molecule has 1 atom stereocenters. The Kier molecular flexibility index (Phi) is 7.10. The fourth-order valence-electron chi connectivity index (χ4n) is 5.26. The van der Waals surface area contributed by atoms with E-state index in [9.17, 15) is 16.8 Å².